The van der Waals surface area contributed by atoms with E-state index in [9.17, 15) is 9.59 Å². The van der Waals surface area contributed by atoms with Gasteiger partial charge >= 0.3 is 12.0 Å². The number of amides is 2. The summed E-state index contributed by atoms with van der Waals surface area (Å²) in [5.41, 5.74) is 0. The van der Waals surface area contributed by atoms with Crippen molar-refractivity contribution in [1.82, 2.24) is 9.80 Å². The summed E-state index contributed by atoms with van der Waals surface area (Å²) >= 11 is 0. The van der Waals surface area contributed by atoms with Crippen molar-refractivity contribution in [2.24, 2.45) is 5.92 Å². The van der Waals surface area contributed by atoms with Gasteiger partial charge in [-0.3, -0.25) is 4.79 Å². The maximum absolute atomic E-state index is 11.7. The zero-order valence-corrected chi connectivity index (χ0v) is 9.98. The highest BCUT2D eigenvalue weighted by Gasteiger charge is 2.24. The van der Waals surface area contributed by atoms with Gasteiger partial charge in [0.05, 0.1) is 0 Å². The van der Waals surface area contributed by atoms with Crippen molar-refractivity contribution >= 4 is 12.0 Å². The van der Waals surface area contributed by atoms with Crippen LogP contribution < -0.4 is 0 Å². The molecule has 0 aromatic heterocycles. The smallest absolute Gasteiger partial charge is 0.319 e. The third-order valence-corrected chi connectivity index (χ3v) is 2.94. The molecule has 0 spiro atoms. The highest BCUT2D eigenvalue weighted by atomic mass is 16.4. The predicted octanol–water partition coefficient (Wildman–Crippen LogP) is 1.24. The summed E-state index contributed by atoms with van der Waals surface area (Å²) in [5.74, 6) is -0.412. The van der Waals surface area contributed by atoms with E-state index in [0.29, 0.717) is 18.9 Å². The van der Waals surface area contributed by atoms with Crippen molar-refractivity contribution in [3.8, 4) is 0 Å². The number of hydrogen-bond acceptors (Lipinski definition) is 2. The monoisotopic (exact) mass is 228 g/mol. The maximum Gasteiger partial charge on any atom is 0.319 e. The predicted molar refractivity (Wildman–Crippen MR) is 60.2 cm³/mol. The molecule has 1 rings (SSSR count). The number of urea groups is 1. The second-order valence-electron chi connectivity index (χ2n) is 4.56. The number of hydrogen-bond donors (Lipinski definition) is 1. The molecular formula is C11H20N2O3. The molecule has 0 saturated carbocycles. The molecule has 1 unspecified atom stereocenters. The Hall–Kier alpha value is -1.26. The molecule has 5 heteroatoms. The van der Waals surface area contributed by atoms with E-state index in [0.717, 1.165) is 19.4 Å². The SMILES string of the molecule is CN(C)C(=O)N1CCCC(CCC(=O)O)C1. The van der Waals surface area contributed by atoms with Crippen LogP contribution in [-0.4, -0.2) is 54.1 Å². The topological polar surface area (TPSA) is 60.9 Å². The molecule has 1 atom stereocenters. The second kappa shape index (κ2) is 5.72. The van der Waals surface area contributed by atoms with Gasteiger partial charge in [-0.05, 0) is 25.2 Å². The molecule has 16 heavy (non-hydrogen) atoms. The fourth-order valence-corrected chi connectivity index (χ4v) is 2.08. The van der Waals surface area contributed by atoms with E-state index in [1.165, 1.54) is 0 Å². The average Bonchev–Trinajstić information content (AvgIpc) is 2.25. The van der Waals surface area contributed by atoms with E-state index in [1.807, 2.05) is 4.90 Å². The Morgan fingerprint density at radius 2 is 2.12 bits per heavy atom. The van der Waals surface area contributed by atoms with Crippen LogP contribution in [0.5, 0.6) is 0 Å². The lowest BCUT2D eigenvalue weighted by Gasteiger charge is -2.34. The number of rotatable bonds is 3. The number of piperidine rings is 1. The van der Waals surface area contributed by atoms with Gasteiger partial charge in [0, 0.05) is 33.6 Å². The van der Waals surface area contributed by atoms with Gasteiger partial charge in [-0.1, -0.05) is 0 Å². The van der Waals surface area contributed by atoms with E-state index in [-0.39, 0.29) is 12.5 Å². The molecule has 1 aliphatic heterocycles. The fourth-order valence-electron chi connectivity index (χ4n) is 2.08. The van der Waals surface area contributed by atoms with E-state index in [4.69, 9.17) is 5.11 Å². The van der Waals surface area contributed by atoms with Gasteiger partial charge in [-0.15, -0.1) is 0 Å². The summed E-state index contributed by atoms with van der Waals surface area (Å²) in [6.07, 6.45) is 2.88. The highest BCUT2D eigenvalue weighted by Crippen LogP contribution is 2.21. The first-order valence-electron chi connectivity index (χ1n) is 5.68. The molecule has 1 heterocycles. The third kappa shape index (κ3) is 3.72. The lowest BCUT2D eigenvalue weighted by Crippen LogP contribution is -2.45. The third-order valence-electron chi connectivity index (χ3n) is 2.94. The van der Waals surface area contributed by atoms with Crippen molar-refractivity contribution in [2.45, 2.75) is 25.7 Å². The molecule has 1 N–H and O–H groups in total. The Morgan fingerprint density at radius 1 is 1.44 bits per heavy atom. The molecule has 0 aromatic carbocycles. The van der Waals surface area contributed by atoms with Crippen molar-refractivity contribution in [1.29, 1.82) is 0 Å². The number of likely N-dealkylation sites (tertiary alicyclic amines) is 1. The van der Waals surface area contributed by atoms with Crippen molar-refractivity contribution in [3.63, 3.8) is 0 Å². The molecule has 0 aromatic rings. The standard InChI is InChI=1S/C11H20N2O3/c1-12(2)11(16)13-7-3-4-9(8-13)5-6-10(14)15/h9H,3-8H2,1-2H3,(H,14,15). The first-order chi connectivity index (χ1) is 7.50. The fraction of sp³-hybridized carbons (Fsp3) is 0.818. The molecule has 0 radical (unpaired) electrons. The van der Waals surface area contributed by atoms with Crippen LogP contribution in [-0.2, 0) is 4.79 Å². The Bertz CT molecular complexity index is 266. The molecule has 0 aliphatic carbocycles. The number of carboxylic acids is 1. The van der Waals surface area contributed by atoms with Gasteiger partial charge in [0.15, 0.2) is 0 Å². The summed E-state index contributed by atoms with van der Waals surface area (Å²) in [5, 5.41) is 8.62. The van der Waals surface area contributed by atoms with Gasteiger partial charge in [-0.25, -0.2) is 4.79 Å². The second-order valence-corrected chi connectivity index (χ2v) is 4.56. The van der Waals surface area contributed by atoms with Crippen LogP contribution in [0.4, 0.5) is 4.79 Å². The minimum Gasteiger partial charge on any atom is -0.481 e. The van der Waals surface area contributed by atoms with Crippen LogP contribution >= 0.6 is 0 Å². The zero-order chi connectivity index (χ0) is 12.1. The first-order valence-corrected chi connectivity index (χ1v) is 5.68. The van der Waals surface area contributed by atoms with Crippen LogP contribution in [0.15, 0.2) is 0 Å². The van der Waals surface area contributed by atoms with Crippen molar-refractivity contribution in [3.05, 3.63) is 0 Å². The lowest BCUT2D eigenvalue weighted by atomic mass is 9.93. The number of nitrogens with zero attached hydrogens (tertiary/aromatic N) is 2. The van der Waals surface area contributed by atoms with E-state index >= 15 is 0 Å². The molecule has 0 bridgehead atoms. The molecular weight excluding hydrogens is 208 g/mol. The largest absolute Gasteiger partial charge is 0.481 e. The summed E-state index contributed by atoms with van der Waals surface area (Å²) in [7, 11) is 3.48. The summed E-state index contributed by atoms with van der Waals surface area (Å²) in [6.45, 7) is 1.49. The number of carbonyl (C=O) groups is 2. The van der Waals surface area contributed by atoms with E-state index < -0.39 is 5.97 Å². The number of aliphatic carboxylic acids is 1. The van der Waals surface area contributed by atoms with Crippen LogP contribution in [0.25, 0.3) is 0 Å². The van der Waals surface area contributed by atoms with Gasteiger partial charge < -0.3 is 14.9 Å². The molecule has 5 nitrogen and oxygen atoms in total. The minimum atomic E-state index is -0.754. The van der Waals surface area contributed by atoms with Crippen LogP contribution in [0.2, 0.25) is 0 Å². The van der Waals surface area contributed by atoms with Gasteiger partial charge in [0.2, 0.25) is 0 Å². The summed E-state index contributed by atoms with van der Waals surface area (Å²) in [6, 6.07) is 0.0278. The van der Waals surface area contributed by atoms with Crippen molar-refractivity contribution < 1.29 is 14.7 Å². The highest BCUT2D eigenvalue weighted by molar-refractivity contribution is 5.73. The summed E-state index contributed by atoms with van der Waals surface area (Å²) in [4.78, 5) is 25.6. The average molecular weight is 228 g/mol. The van der Waals surface area contributed by atoms with E-state index in [2.05, 4.69) is 0 Å². The van der Waals surface area contributed by atoms with Crippen LogP contribution in [0, 0.1) is 5.92 Å². The molecule has 1 aliphatic rings. The van der Waals surface area contributed by atoms with Gasteiger partial charge in [0.25, 0.3) is 0 Å². The van der Waals surface area contributed by atoms with Crippen molar-refractivity contribution in [2.75, 3.05) is 27.2 Å². The van der Waals surface area contributed by atoms with Crippen LogP contribution in [0.3, 0.4) is 0 Å². The normalized spacial score (nSPS) is 20.6. The Balaban J connectivity index is 2.41. The first kappa shape index (κ1) is 12.8. The van der Waals surface area contributed by atoms with Gasteiger partial charge in [0.1, 0.15) is 0 Å². The number of carbonyl (C=O) groups excluding carboxylic acids is 1. The zero-order valence-electron chi connectivity index (χ0n) is 9.98. The van der Waals surface area contributed by atoms with E-state index in [1.54, 1.807) is 19.0 Å². The lowest BCUT2D eigenvalue weighted by molar-refractivity contribution is -0.137. The Morgan fingerprint density at radius 3 is 2.69 bits per heavy atom. The summed E-state index contributed by atoms with van der Waals surface area (Å²) < 4.78 is 0. The van der Waals surface area contributed by atoms with Crippen LogP contribution in [0.1, 0.15) is 25.7 Å². The Kier molecular flexibility index (Phi) is 4.58. The molecule has 2 amide bonds. The molecule has 1 saturated heterocycles. The molecule has 1 fully saturated rings. The molecule has 92 valence electrons. The Labute approximate surface area is 96.0 Å². The number of carboxylic acid groups (broad SMARTS) is 1. The quantitative estimate of drug-likeness (QED) is 0.790. The minimum absolute atomic E-state index is 0.0278. The maximum atomic E-state index is 11.7. The van der Waals surface area contributed by atoms with Gasteiger partial charge in [-0.2, -0.15) is 0 Å².